The number of ether oxygens (including phenoxy) is 3. The van der Waals surface area contributed by atoms with Crippen molar-refractivity contribution in [3.05, 3.63) is 60.8 Å². The van der Waals surface area contributed by atoms with Crippen LogP contribution in [0.1, 0.15) is 265 Å². The fourth-order valence-corrected chi connectivity index (χ4v) is 7.49. The van der Waals surface area contributed by atoms with Crippen LogP contribution in [-0.2, 0) is 23.8 Å². The Balaban J connectivity index is 4.16. The van der Waals surface area contributed by atoms with Gasteiger partial charge in [0.1, 0.15) is 6.61 Å². The third-order valence-corrected chi connectivity index (χ3v) is 11.5. The largest absolute Gasteiger partial charge is 0.462 e. The Bertz CT molecular complexity index is 1070. The quantitative estimate of drug-likeness (QED) is 0.0346. The highest BCUT2D eigenvalue weighted by Gasteiger charge is 2.17. The molecule has 0 spiro atoms. The first-order valence-corrected chi connectivity index (χ1v) is 26.8. The van der Waals surface area contributed by atoms with Crippen molar-refractivity contribution in [3.63, 3.8) is 0 Å². The number of rotatable bonds is 49. The predicted octanol–water partition coefficient (Wildman–Crippen LogP) is 18.1. The number of unbranched alkanes of at least 4 members (excludes halogenated alkanes) is 28. The molecule has 0 aliphatic rings. The third-order valence-electron chi connectivity index (χ3n) is 11.5. The van der Waals surface area contributed by atoms with Crippen molar-refractivity contribution in [2.24, 2.45) is 0 Å². The van der Waals surface area contributed by atoms with Crippen LogP contribution in [0.4, 0.5) is 0 Å². The molecule has 1 atom stereocenters. The highest BCUT2D eigenvalue weighted by Crippen LogP contribution is 2.14. The van der Waals surface area contributed by atoms with Crippen molar-refractivity contribution in [2.75, 3.05) is 19.8 Å². The Labute approximate surface area is 385 Å². The first-order valence-electron chi connectivity index (χ1n) is 26.8. The summed E-state index contributed by atoms with van der Waals surface area (Å²) in [6, 6.07) is 0. The summed E-state index contributed by atoms with van der Waals surface area (Å²) >= 11 is 0. The molecule has 0 saturated carbocycles. The average molecular weight is 867 g/mol. The van der Waals surface area contributed by atoms with Crippen LogP contribution in [0.15, 0.2) is 60.8 Å². The number of carbonyl (C=O) groups excluding carboxylic acids is 2. The Kier molecular flexibility index (Phi) is 50.9. The van der Waals surface area contributed by atoms with Crippen LogP contribution in [0.5, 0.6) is 0 Å². The number of allylic oxidation sites excluding steroid dienone is 10. The summed E-state index contributed by atoms with van der Waals surface area (Å²) < 4.78 is 17.4. The van der Waals surface area contributed by atoms with Gasteiger partial charge in [-0.1, -0.05) is 223 Å². The van der Waals surface area contributed by atoms with E-state index in [0.29, 0.717) is 19.4 Å². The van der Waals surface area contributed by atoms with E-state index >= 15 is 0 Å². The topological polar surface area (TPSA) is 61.8 Å². The van der Waals surface area contributed by atoms with Gasteiger partial charge in [0.2, 0.25) is 0 Å². The molecule has 0 aromatic heterocycles. The second kappa shape index (κ2) is 52.9. The monoisotopic (exact) mass is 867 g/mol. The van der Waals surface area contributed by atoms with E-state index in [4.69, 9.17) is 14.2 Å². The molecule has 0 rings (SSSR count). The van der Waals surface area contributed by atoms with Crippen molar-refractivity contribution in [1.82, 2.24) is 0 Å². The molecular weight excluding hydrogens is 765 g/mol. The molecule has 0 N–H and O–H groups in total. The minimum absolute atomic E-state index is 0.0777. The Morgan fingerprint density at radius 3 is 1.11 bits per heavy atom. The second-order valence-electron chi connectivity index (χ2n) is 17.8. The maximum Gasteiger partial charge on any atom is 0.306 e. The van der Waals surface area contributed by atoms with Gasteiger partial charge in [0.15, 0.2) is 6.10 Å². The molecule has 0 amide bonds. The first-order chi connectivity index (χ1) is 30.6. The Morgan fingerprint density at radius 1 is 0.355 bits per heavy atom. The number of esters is 2. The maximum atomic E-state index is 12.8. The van der Waals surface area contributed by atoms with E-state index in [9.17, 15) is 9.59 Å². The highest BCUT2D eigenvalue weighted by molar-refractivity contribution is 5.70. The smallest absolute Gasteiger partial charge is 0.306 e. The van der Waals surface area contributed by atoms with Gasteiger partial charge in [-0.15, -0.1) is 0 Å². The van der Waals surface area contributed by atoms with Gasteiger partial charge in [-0.2, -0.15) is 0 Å². The molecule has 62 heavy (non-hydrogen) atoms. The van der Waals surface area contributed by atoms with E-state index in [-0.39, 0.29) is 25.2 Å². The van der Waals surface area contributed by atoms with Gasteiger partial charge in [-0.3, -0.25) is 9.59 Å². The van der Waals surface area contributed by atoms with E-state index in [0.717, 1.165) is 77.0 Å². The average Bonchev–Trinajstić information content (AvgIpc) is 3.27. The van der Waals surface area contributed by atoms with Gasteiger partial charge in [0, 0.05) is 19.4 Å². The summed E-state index contributed by atoms with van der Waals surface area (Å²) in [5, 5.41) is 0. The summed E-state index contributed by atoms with van der Waals surface area (Å²) in [4.78, 5) is 25.4. The lowest BCUT2D eigenvalue weighted by Crippen LogP contribution is -2.30. The van der Waals surface area contributed by atoms with Crippen LogP contribution in [0, 0.1) is 0 Å². The molecule has 0 aromatic carbocycles. The van der Waals surface area contributed by atoms with Gasteiger partial charge in [-0.05, 0) is 89.9 Å². The Morgan fingerprint density at radius 2 is 0.677 bits per heavy atom. The van der Waals surface area contributed by atoms with E-state index in [2.05, 4.69) is 81.5 Å². The standard InChI is InChI=1S/C57H102O5/c1-4-7-10-13-16-19-21-23-25-27-29-31-33-35-37-39-41-44-47-50-56(58)61-54-55(53-60-52-49-46-43-18-15-12-9-6-3)62-57(59)51-48-45-42-40-38-36-34-32-30-28-26-24-22-20-17-14-11-8-5-2/h16-17,19-20,23-26,29,31,55H,4-15,18,21-22,27-28,30,32-54H2,1-3H3/b19-16-,20-17-,25-23-,26-24-,31-29-. The molecule has 0 saturated heterocycles. The molecule has 0 heterocycles. The zero-order valence-electron chi connectivity index (χ0n) is 41.4. The van der Waals surface area contributed by atoms with Crippen molar-refractivity contribution in [3.8, 4) is 0 Å². The van der Waals surface area contributed by atoms with Crippen LogP contribution in [0.2, 0.25) is 0 Å². The van der Waals surface area contributed by atoms with Crippen molar-refractivity contribution >= 4 is 11.9 Å². The molecule has 1 unspecified atom stereocenters. The fraction of sp³-hybridized carbons (Fsp3) is 0.789. The summed E-state index contributed by atoms with van der Waals surface area (Å²) in [5.74, 6) is -0.410. The van der Waals surface area contributed by atoms with Crippen LogP contribution in [0.3, 0.4) is 0 Å². The van der Waals surface area contributed by atoms with E-state index < -0.39 is 6.10 Å². The lowest BCUT2D eigenvalue weighted by Gasteiger charge is -2.18. The lowest BCUT2D eigenvalue weighted by atomic mass is 10.1. The summed E-state index contributed by atoms with van der Waals surface area (Å²) in [6.07, 6.45) is 66.6. The normalized spacial score (nSPS) is 12.6. The molecule has 0 aliphatic heterocycles. The van der Waals surface area contributed by atoms with E-state index in [1.54, 1.807) is 0 Å². The zero-order valence-corrected chi connectivity index (χ0v) is 41.4. The maximum absolute atomic E-state index is 12.8. The van der Waals surface area contributed by atoms with E-state index in [1.807, 2.05) is 0 Å². The van der Waals surface area contributed by atoms with Crippen molar-refractivity contribution < 1.29 is 23.8 Å². The number of hydrogen-bond acceptors (Lipinski definition) is 5. The van der Waals surface area contributed by atoms with Gasteiger partial charge in [0.25, 0.3) is 0 Å². The molecule has 5 nitrogen and oxygen atoms in total. The number of hydrogen-bond donors (Lipinski definition) is 0. The first kappa shape index (κ1) is 59.6. The number of carbonyl (C=O) groups is 2. The lowest BCUT2D eigenvalue weighted by molar-refractivity contribution is -0.163. The predicted molar refractivity (Wildman–Crippen MR) is 270 cm³/mol. The molecular formula is C57H102O5. The summed E-state index contributed by atoms with van der Waals surface area (Å²) in [6.45, 7) is 7.77. The Hall–Kier alpha value is -2.40. The van der Waals surface area contributed by atoms with Gasteiger partial charge >= 0.3 is 11.9 Å². The van der Waals surface area contributed by atoms with Crippen LogP contribution in [0.25, 0.3) is 0 Å². The minimum Gasteiger partial charge on any atom is -0.462 e. The highest BCUT2D eigenvalue weighted by atomic mass is 16.6. The van der Waals surface area contributed by atoms with Crippen molar-refractivity contribution in [1.29, 1.82) is 0 Å². The molecule has 0 bridgehead atoms. The third kappa shape index (κ3) is 50.2. The van der Waals surface area contributed by atoms with Gasteiger partial charge in [-0.25, -0.2) is 0 Å². The van der Waals surface area contributed by atoms with Crippen LogP contribution < -0.4 is 0 Å². The summed E-state index contributed by atoms with van der Waals surface area (Å²) in [7, 11) is 0. The van der Waals surface area contributed by atoms with E-state index in [1.165, 1.54) is 154 Å². The van der Waals surface area contributed by atoms with Crippen LogP contribution in [-0.4, -0.2) is 37.9 Å². The van der Waals surface area contributed by atoms with Crippen molar-refractivity contribution in [2.45, 2.75) is 271 Å². The molecule has 0 aliphatic carbocycles. The van der Waals surface area contributed by atoms with Crippen LogP contribution >= 0.6 is 0 Å². The summed E-state index contributed by atoms with van der Waals surface area (Å²) in [5.41, 5.74) is 0. The zero-order chi connectivity index (χ0) is 44.9. The van der Waals surface area contributed by atoms with Gasteiger partial charge in [0.05, 0.1) is 6.61 Å². The molecule has 0 aromatic rings. The molecule has 360 valence electrons. The fourth-order valence-electron chi connectivity index (χ4n) is 7.49. The molecule has 5 heteroatoms. The molecule has 0 radical (unpaired) electrons. The SMILES string of the molecule is CCCCC/C=C\C/C=C\C/C=C\CCCCCCCCC(=O)OCC(COCCCCCCCCCC)OC(=O)CCCCCCCCCCC/C=C\C/C=C\CCCCC. The second-order valence-corrected chi connectivity index (χ2v) is 17.8. The van der Waals surface area contributed by atoms with Gasteiger partial charge < -0.3 is 14.2 Å². The minimum atomic E-state index is -0.541. The molecule has 0 fully saturated rings.